The third-order valence-corrected chi connectivity index (χ3v) is 6.25. The number of hydrogen-bond acceptors (Lipinski definition) is 5. The van der Waals surface area contributed by atoms with Crippen LogP contribution in [0.2, 0.25) is 0 Å². The molecule has 2 aliphatic heterocycles. The second kappa shape index (κ2) is 7.21. The van der Waals surface area contributed by atoms with E-state index in [0.717, 1.165) is 21.1 Å². The highest BCUT2D eigenvalue weighted by Crippen LogP contribution is 2.49. The van der Waals surface area contributed by atoms with E-state index in [9.17, 15) is 9.18 Å². The van der Waals surface area contributed by atoms with Crippen molar-refractivity contribution in [1.82, 2.24) is 0 Å². The van der Waals surface area contributed by atoms with Crippen molar-refractivity contribution < 1.29 is 18.7 Å². The maximum Gasteiger partial charge on any atom is 0.231 e. The topological polar surface area (TPSA) is 35.5 Å². The number of carbonyl (C=O) groups is 1. The van der Waals surface area contributed by atoms with Gasteiger partial charge in [0.1, 0.15) is 5.82 Å². The van der Waals surface area contributed by atoms with Gasteiger partial charge in [0.05, 0.1) is 14.7 Å². The van der Waals surface area contributed by atoms with Gasteiger partial charge < -0.3 is 9.47 Å². The van der Waals surface area contributed by atoms with Gasteiger partial charge in [-0.3, -0.25) is 4.79 Å². The molecule has 0 saturated carbocycles. The molecular formula is C20H15FO3S2. The van der Waals surface area contributed by atoms with Gasteiger partial charge >= 0.3 is 0 Å². The Bertz CT molecular complexity index is 933. The van der Waals surface area contributed by atoms with Gasteiger partial charge in [0.25, 0.3) is 0 Å². The summed E-state index contributed by atoms with van der Waals surface area (Å²) in [5, 5.41) is 0. The van der Waals surface area contributed by atoms with Crippen LogP contribution in [0.3, 0.4) is 0 Å². The van der Waals surface area contributed by atoms with Gasteiger partial charge in [-0.2, -0.15) is 0 Å². The number of halogens is 1. The molecule has 26 heavy (non-hydrogen) atoms. The van der Waals surface area contributed by atoms with Gasteiger partial charge in [0, 0.05) is 5.56 Å². The van der Waals surface area contributed by atoms with E-state index >= 15 is 0 Å². The number of thioether (sulfide) groups is 2. The van der Waals surface area contributed by atoms with Crippen LogP contribution in [0.5, 0.6) is 11.5 Å². The number of carbonyl (C=O) groups excluding carboxylic acids is 1. The summed E-state index contributed by atoms with van der Waals surface area (Å²) in [5.74, 6) is 1.84. The van der Waals surface area contributed by atoms with E-state index in [1.165, 1.54) is 23.9 Å². The number of allylic oxidation sites excluding steroid dienone is 2. The second-order valence-corrected chi connectivity index (χ2v) is 8.21. The maximum absolute atomic E-state index is 13.3. The first kappa shape index (κ1) is 17.2. The van der Waals surface area contributed by atoms with Gasteiger partial charge in [0.15, 0.2) is 11.5 Å². The molecule has 0 spiro atoms. The Hall–Kier alpha value is -2.18. The van der Waals surface area contributed by atoms with Crippen LogP contribution in [0, 0.1) is 5.82 Å². The van der Waals surface area contributed by atoms with Crippen LogP contribution in [0.1, 0.15) is 18.1 Å². The quantitative estimate of drug-likeness (QED) is 0.664. The van der Waals surface area contributed by atoms with Crippen molar-refractivity contribution in [3.63, 3.8) is 0 Å². The van der Waals surface area contributed by atoms with Crippen LogP contribution in [-0.4, -0.2) is 18.3 Å². The fourth-order valence-corrected chi connectivity index (χ4v) is 5.18. The smallest absolute Gasteiger partial charge is 0.231 e. The van der Waals surface area contributed by atoms with Crippen LogP contribution in [-0.2, 0) is 4.79 Å². The van der Waals surface area contributed by atoms with Crippen molar-refractivity contribution in [1.29, 1.82) is 0 Å². The summed E-state index contributed by atoms with van der Waals surface area (Å²) in [6, 6.07) is 11.7. The molecule has 0 atom stereocenters. The van der Waals surface area contributed by atoms with E-state index in [4.69, 9.17) is 9.47 Å². The molecule has 0 unspecified atom stereocenters. The predicted molar refractivity (Wildman–Crippen MR) is 105 cm³/mol. The normalized spacial score (nSPS) is 17.5. The van der Waals surface area contributed by atoms with Gasteiger partial charge in [-0.25, -0.2) is 4.39 Å². The number of para-hydroxylation sites is 1. The fraction of sp³-hybridized carbons (Fsp3) is 0.150. The van der Waals surface area contributed by atoms with Crippen molar-refractivity contribution in [3.05, 3.63) is 68.6 Å². The monoisotopic (exact) mass is 386 g/mol. The molecule has 0 N–H and O–H groups in total. The van der Waals surface area contributed by atoms with E-state index < -0.39 is 0 Å². The highest BCUT2D eigenvalue weighted by molar-refractivity contribution is 8.25. The number of hydrogen-bond donors (Lipinski definition) is 0. The summed E-state index contributed by atoms with van der Waals surface area (Å²) >= 11 is 3.08. The lowest BCUT2D eigenvalue weighted by Crippen LogP contribution is -1.99. The zero-order valence-corrected chi connectivity index (χ0v) is 15.6. The van der Waals surface area contributed by atoms with Crippen molar-refractivity contribution in [2.75, 3.05) is 12.5 Å². The van der Waals surface area contributed by atoms with E-state index in [-0.39, 0.29) is 18.4 Å². The first-order valence-electron chi connectivity index (χ1n) is 8.13. The second-order valence-electron chi connectivity index (χ2n) is 5.62. The molecule has 0 saturated heterocycles. The van der Waals surface area contributed by atoms with Crippen LogP contribution >= 0.6 is 23.5 Å². The minimum absolute atomic E-state index is 0.0472. The number of ketones is 1. The van der Waals surface area contributed by atoms with Gasteiger partial charge in [0.2, 0.25) is 12.6 Å². The molecule has 2 aromatic rings. The number of benzene rings is 2. The Morgan fingerprint density at radius 1 is 1.19 bits per heavy atom. The van der Waals surface area contributed by atoms with Crippen LogP contribution in [0.4, 0.5) is 4.39 Å². The van der Waals surface area contributed by atoms with Gasteiger partial charge in [-0.15, -0.1) is 11.8 Å². The van der Waals surface area contributed by atoms with Crippen molar-refractivity contribution >= 4 is 41.0 Å². The molecule has 0 aromatic heterocycles. The Labute approximate surface area is 159 Å². The first-order valence-corrected chi connectivity index (χ1v) is 9.93. The molecule has 2 heterocycles. The van der Waals surface area contributed by atoms with E-state index in [0.29, 0.717) is 22.0 Å². The molecule has 3 nitrogen and oxygen atoms in total. The summed E-state index contributed by atoms with van der Waals surface area (Å²) in [6.07, 6.45) is 1.84. The first-order chi connectivity index (χ1) is 12.7. The van der Waals surface area contributed by atoms with Gasteiger partial charge in [-0.1, -0.05) is 43.0 Å². The molecule has 6 heteroatoms. The minimum atomic E-state index is -0.315. The average molecular weight is 386 g/mol. The van der Waals surface area contributed by atoms with Crippen LogP contribution in [0.15, 0.2) is 51.6 Å². The summed E-state index contributed by atoms with van der Waals surface area (Å²) in [6.45, 7) is 2.23. The van der Waals surface area contributed by atoms with E-state index in [1.807, 2.05) is 31.2 Å². The number of Topliss-reactive ketones (excluding diaryl/α,β-unsaturated/α-hetero) is 1. The molecule has 0 amide bonds. The molecular weight excluding hydrogens is 371 g/mol. The lowest BCUT2D eigenvalue weighted by molar-refractivity contribution is -0.109. The van der Waals surface area contributed by atoms with Crippen molar-refractivity contribution in [2.24, 2.45) is 0 Å². The molecule has 132 valence electrons. The molecule has 0 aliphatic carbocycles. The highest BCUT2D eigenvalue weighted by atomic mass is 32.2. The predicted octanol–water partition coefficient (Wildman–Crippen LogP) is 5.33. The SMILES string of the molecule is CCSC1=C(c2ccc(F)cc2)C(=O)/C(=C/c2cccc3c2OCO3)S1. The molecule has 0 radical (unpaired) electrons. The van der Waals surface area contributed by atoms with E-state index in [1.54, 1.807) is 23.9 Å². The van der Waals surface area contributed by atoms with Crippen molar-refractivity contribution in [2.45, 2.75) is 6.92 Å². The number of rotatable bonds is 4. The highest BCUT2D eigenvalue weighted by Gasteiger charge is 2.31. The summed E-state index contributed by atoms with van der Waals surface area (Å²) in [5.41, 5.74) is 2.19. The summed E-state index contributed by atoms with van der Waals surface area (Å²) in [4.78, 5) is 13.7. The van der Waals surface area contributed by atoms with Crippen LogP contribution in [0.25, 0.3) is 11.6 Å². The lowest BCUT2D eigenvalue weighted by Gasteiger charge is -2.04. The zero-order chi connectivity index (χ0) is 18.1. The number of fused-ring (bicyclic) bond motifs is 1. The summed E-state index contributed by atoms with van der Waals surface area (Å²) < 4.78 is 25.1. The van der Waals surface area contributed by atoms with Crippen LogP contribution < -0.4 is 9.47 Å². The lowest BCUT2D eigenvalue weighted by atomic mass is 10.0. The molecule has 0 bridgehead atoms. The molecule has 2 aromatic carbocycles. The fourth-order valence-electron chi connectivity index (χ4n) is 2.81. The standard InChI is InChI=1S/C20H15FO3S2/c1-2-25-20-17(12-6-8-14(21)9-7-12)18(22)16(26-20)10-13-4-3-5-15-19(13)24-11-23-15/h3-10H,2,11H2,1H3/b16-10-. The summed E-state index contributed by atoms with van der Waals surface area (Å²) in [7, 11) is 0. The van der Waals surface area contributed by atoms with Gasteiger partial charge in [-0.05, 0) is 35.6 Å². The van der Waals surface area contributed by atoms with Crippen molar-refractivity contribution in [3.8, 4) is 11.5 Å². The Morgan fingerprint density at radius 3 is 2.77 bits per heavy atom. The zero-order valence-electron chi connectivity index (χ0n) is 14.0. The maximum atomic E-state index is 13.3. The average Bonchev–Trinajstić information content (AvgIpc) is 3.23. The molecule has 0 fully saturated rings. The Morgan fingerprint density at radius 2 is 2.00 bits per heavy atom. The largest absolute Gasteiger partial charge is 0.454 e. The molecule has 2 aliphatic rings. The number of ether oxygens (including phenoxy) is 2. The Balaban J connectivity index is 1.72. The third kappa shape index (κ3) is 3.15. The molecule has 4 rings (SSSR count). The third-order valence-electron chi connectivity index (χ3n) is 3.98. The van der Waals surface area contributed by atoms with E-state index in [2.05, 4.69) is 0 Å². The Kier molecular flexibility index (Phi) is 4.78. The minimum Gasteiger partial charge on any atom is -0.454 e.